The molecule has 0 saturated carbocycles. The SMILES string of the molecule is Cc1cccc(C)c1OCC(=O)Nc1ccccc1-c1nc2ccccc2[nH]1. The normalized spacial score (nSPS) is 10.8. The number of carbonyl (C=O) groups excluding carboxylic acids is 1. The van der Waals surface area contributed by atoms with Gasteiger partial charge in [0.2, 0.25) is 0 Å². The Morgan fingerprint density at radius 2 is 1.68 bits per heavy atom. The zero-order chi connectivity index (χ0) is 19.5. The first-order valence-corrected chi connectivity index (χ1v) is 9.15. The number of hydrogen-bond donors (Lipinski definition) is 2. The standard InChI is InChI=1S/C23H21N3O2/c1-15-8-7-9-16(2)22(15)28-14-21(27)24-18-11-4-3-10-17(18)23-25-19-12-5-6-13-20(19)26-23/h3-13H,14H2,1-2H3,(H,24,27)(H,25,26). The summed E-state index contributed by atoms with van der Waals surface area (Å²) >= 11 is 0. The molecule has 0 aliphatic carbocycles. The highest BCUT2D eigenvalue weighted by Gasteiger charge is 2.13. The molecule has 4 aromatic rings. The van der Waals surface area contributed by atoms with E-state index in [1.165, 1.54) is 0 Å². The Balaban J connectivity index is 1.53. The fourth-order valence-electron chi connectivity index (χ4n) is 3.23. The lowest BCUT2D eigenvalue weighted by atomic mass is 10.1. The fraction of sp³-hybridized carbons (Fsp3) is 0.130. The van der Waals surface area contributed by atoms with E-state index in [4.69, 9.17) is 4.74 Å². The molecule has 3 aromatic carbocycles. The second kappa shape index (κ2) is 7.56. The van der Waals surface area contributed by atoms with Crippen LogP contribution in [-0.4, -0.2) is 22.5 Å². The van der Waals surface area contributed by atoms with Crippen LogP contribution in [0.4, 0.5) is 5.69 Å². The van der Waals surface area contributed by atoms with E-state index in [-0.39, 0.29) is 12.5 Å². The molecular formula is C23H21N3O2. The molecule has 140 valence electrons. The van der Waals surface area contributed by atoms with Crippen molar-refractivity contribution in [2.75, 3.05) is 11.9 Å². The molecule has 5 nitrogen and oxygen atoms in total. The van der Waals surface area contributed by atoms with Crippen molar-refractivity contribution in [2.45, 2.75) is 13.8 Å². The average molecular weight is 371 g/mol. The van der Waals surface area contributed by atoms with E-state index in [1.54, 1.807) is 0 Å². The van der Waals surface area contributed by atoms with Crippen LogP contribution in [0.2, 0.25) is 0 Å². The molecule has 0 fully saturated rings. The molecule has 1 heterocycles. The first-order chi connectivity index (χ1) is 13.6. The summed E-state index contributed by atoms with van der Waals surface area (Å²) in [5, 5.41) is 2.94. The lowest BCUT2D eigenvalue weighted by Crippen LogP contribution is -2.21. The monoisotopic (exact) mass is 371 g/mol. The number of anilines is 1. The Labute approximate surface area is 163 Å². The van der Waals surface area contributed by atoms with Gasteiger partial charge in [-0.05, 0) is 49.2 Å². The number of benzene rings is 3. The van der Waals surface area contributed by atoms with Gasteiger partial charge in [0.25, 0.3) is 5.91 Å². The highest BCUT2D eigenvalue weighted by Crippen LogP contribution is 2.28. The van der Waals surface area contributed by atoms with Crippen LogP contribution in [-0.2, 0) is 4.79 Å². The number of aryl methyl sites for hydroxylation is 2. The summed E-state index contributed by atoms with van der Waals surface area (Å²) in [6.07, 6.45) is 0. The summed E-state index contributed by atoms with van der Waals surface area (Å²) in [6.45, 7) is 3.88. The van der Waals surface area contributed by atoms with Gasteiger partial charge in [-0.1, -0.05) is 42.5 Å². The Morgan fingerprint density at radius 3 is 2.46 bits per heavy atom. The molecule has 1 amide bonds. The molecule has 28 heavy (non-hydrogen) atoms. The van der Waals surface area contributed by atoms with E-state index < -0.39 is 0 Å². The molecule has 0 aliphatic heterocycles. The molecule has 1 aromatic heterocycles. The lowest BCUT2D eigenvalue weighted by molar-refractivity contribution is -0.118. The van der Waals surface area contributed by atoms with Crippen molar-refractivity contribution in [2.24, 2.45) is 0 Å². The minimum atomic E-state index is -0.216. The van der Waals surface area contributed by atoms with Crippen LogP contribution >= 0.6 is 0 Å². The van der Waals surface area contributed by atoms with Crippen LogP contribution in [0.1, 0.15) is 11.1 Å². The summed E-state index contributed by atoms with van der Waals surface area (Å²) in [6, 6.07) is 21.3. The number of H-pyrrole nitrogens is 1. The van der Waals surface area contributed by atoms with Crippen molar-refractivity contribution in [3.05, 3.63) is 77.9 Å². The van der Waals surface area contributed by atoms with Gasteiger partial charge < -0.3 is 15.0 Å². The third-order valence-electron chi connectivity index (χ3n) is 4.60. The first kappa shape index (κ1) is 17.8. The molecule has 0 unspecified atom stereocenters. The Bertz CT molecular complexity index is 1090. The number of rotatable bonds is 5. The van der Waals surface area contributed by atoms with Crippen LogP contribution in [0.3, 0.4) is 0 Å². The third kappa shape index (κ3) is 3.60. The number of carbonyl (C=O) groups is 1. The topological polar surface area (TPSA) is 67.0 Å². The summed E-state index contributed by atoms with van der Waals surface area (Å²) < 4.78 is 5.76. The van der Waals surface area contributed by atoms with Crippen LogP contribution in [0.5, 0.6) is 5.75 Å². The van der Waals surface area contributed by atoms with Crippen molar-refractivity contribution in [1.29, 1.82) is 0 Å². The first-order valence-electron chi connectivity index (χ1n) is 9.15. The molecule has 0 spiro atoms. The number of para-hydroxylation sites is 4. The predicted octanol–water partition coefficient (Wildman–Crippen LogP) is 4.86. The zero-order valence-corrected chi connectivity index (χ0v) is 15.8. The number of amides is 1. The van der Waals surface area contributed by atoms with Gasteiger partial charge in [0.1, 0.15) is 11.6 Å². The predicted molar refractivity (Wildman–Crippen MR) is 112 cm³/mol. The van der Waals surface area contributed by atoms with E-state index in [0.29, 0.717) is 11.5 Å². The van der Waals surface area contributed by atoms with E-state index in [9.17, 15) is 4.79 Å². The van der Waals surface area contributed by atoms with Gasteiger partial charge in [-0.15, -0.1) is 0 Å². The van der Waals surface area contributed by atoms with E-state index >= 15 is 0 Å². The van der Waals surface area contributed by atoms with Crippen molar-refractivity contribution in [3.8, 4) is 17.1 Å². The average Bonchev–Trinajstić information content (AvgIpc) is 3.12. The number of imidazole rings is 1. The Kier molecular flexibility index (Phi) is 4.81. The van der Waals surface area contributed by atoms with Crippen LogP contribution in [0.25, 0.3) is 22.4 Å². The van der Waals surface area contributed by atoms with Crippen LogP contribution < -0.4 is 10.1 Å². The van der Waals surface area contributed by atoms with Gasteiger partial charge in [0, 0.05) is 5.56 Å². The number of ether oxygens (including phenoxy) is 1. The zero-order valence-electron chi connectivity index (χ0n) is 15.8. The molecule has 0 saturated heterocycles. The van der Waals surface area contributed by atoms with E-state index in [2.05, 4.69) is 15.3 Å². The summed E-state index contributed by atoms with van der Waals surface area (Å²) in [5.41, 5.74) is 5.38. The minimum absolute atomic E-state index is 0.0554. The molecule has 4 rings (SSSR count). The quantitative estimate of drug-likeness (QED) is 0.526. The number of aromatic amines is 1. The van der Waals surface area contributed by atoms with Crippen molar-refractivity contribution in [3.63, 3.8) is 0 Å². The van der Waals surface area contributed by atoms with E-state index in [0.717, 1.165) is 33.5 Å². The maximum Gasteiger partial charge on any atom is 0.262 e. The van der Waals surface area contributed by atoms with Crippen LogP contribution in [0.15, 0.2) is 66.7 Å². The molecule has 0 radical (unpaired) electrons. The maximum atomic E-state index is 12.5. The van der Waals surface area contributed by atoms with Crippen LogP contribution in [0, 0.1) is 13.8 Å². The van der Waals surface area contributed by atoms with Crippen molar-refractivity contribution in [1.82, 2.24) is 9.97 Å². The summed E-state index contributed by atoms with van der Waals surface area (Å²) in [7, 11) is 0. The van der Waals surface area contributed by atoms with Crippen molar-refractivity contribution < 1.29 is 9.53 Å². The fourth-order valence-corrected chi connectivity index (χ4v) is 3.23. The summed E-state index contributed by atoms with van der Waals surface area (Å²) in [4.78, 5) is 20.4. The summed E-state index contributed by atoms with van der Waals surface area (Å²) in [5.74, 6) is 1.25. The van der Waals surface area contributed by atoms with Gasteiger partial charge in [0.05, 0.1) is 16.7 Å². The molecule has 0 bridgehead atoms. The second-order valence-corrected chi connectivity index (χ2v) is 6.71. The van der Waals surface area contributed by atoms with Gasteiger partial charge in [-0.2, -0.15) is 0 Å². The molecule has 2 N–H and O–H groups in total. The van der Waals surface area contributed by atoms with E-state index in [1.807, 2.05) is 80.6 Å². The molecule has 0 aliphatic rings. The van der Waals surface area contributed by atoms with Gasteiger partial charge in [-0.3, -0.25) is 4.79 Å². The molecule has 0 atom stereocenters. The Hall–Kier alpha value is -3.60. The number of aromatic nitrogens is 2. The highest BCUT2D eigenvalue weighted by molar-refractivity contribution is 5.96. The van der Waals surface area contributed by atoms with Gasteiger partial charge in [0.15, 0.2) is 6.61 Å². The minimum Gasteiger partial charge on any atom is -0.483 e. The molecular weight excluding hydrogens is 350 g/mol. The number of fused-ring (bicyclic) bond motifs is 1. The van der Waals surface area contributed by atoms with Gasteiger partial charge in [-0.25, -0.2) is 4.98 Å². The maximum absolute atomic E-state index is 12.5. The second-order valence-electron chi connectivity index (χ2n) is 6.71. The smallest absolute Gasteiger partial charge is 0.262 e. The number of hydrogen-bond acceptors (Lipinski definition) is 3. The lowest BCUT2D eigenvalue weighted by Gasteiger charge is -2.13. The molecule has 5 heteroatoms. The number of nitrogens with one attached hydrogen (secondary N) is 2. The third-order valence-corrected chi connectivity index (χ3v) is 4.60. The largest absolute Gasteiger partial charge is 0.483 e. The van der Waals surface area contributed by atoms with Gasteiger partial charge >= 0.3 is 0 Å². The number of nitrogens with zero attached hydrogens (tertiary/aromatic N) is 1. The highest BCUT2D eigenvalue weighted by atomic mass is 16.5. The van der Waals surface area contributed by atoms with Crippen molar-refractivity contribution >= 4 is 22.6 Å². The Morgan fingerprint density at radius 1 is 0.964 bits per heavy atom.